The zero-order valence-electron chi connectivity index (χ0n) is 35.6. The van der Waals surface area contributed by atoms with Gasteiger partial charge in [0.25, 0.3) is 0 Å². The van der Waals surface area contributed by atoms with Crippen LogP contribution in [0.25, 0.3) is 0 Å². The second kappa shape index (κ2) is 35.2. The summed E-state index contributed by atoms with van der Waals surface area (Å²) in [6, 6.07) is 0. The summed E-state index contributed by atoms with van der Waals surface area (Å²) >= 11 is 0. The van der Waals surface area contributed by atoms with Gasteiger partial charge in [0.05, 0.1) is 6.61 Å². The lowest BCUT2D eigenvalue weighted by Gasteiger charge is -2.41. The highest BCUT2D eigenvalue weighted by Gasteiger charge is 2.51. The summed E-state index contributed by atoms with van der Waals surface area (Å²) in [4.78, 5) is 35.6. The number of allylic oxidation sites excluding steroid dienone is 9. The molecule has 59 heavy (non-hydrogen) atoms. The monoisotopic (exact) mass is 857 g/mol. The lowest BCUT2D eigenvalue weighted by atomic mass is 9.85. The molecular weight excluding hydrogens is 779 g/mol. The van der Waals surface area contributed by atoms with E-state index in [9.17, 15) is 44.6 Å². The Morgan fingerprint density at radius 1 is 0.576 bits per heavy atom. The van der Waals surface area contributed by atoms with Gasteiger partial charge < -0.3 is 39.9 Å². The molecule has 1 saturated carbocycles. The van der Waals surface area contributed by atoms with Crippen LogP contribution in [0.5, 0.6) is 0 Å². The van der Waals surface area contributed by atoms with Crippen molar-refractivity contribution >= 4 is 19.8 Å². The number of aliphatic hydroxyl groups is 5. The topological polar surface area (TPSA) is 210 Å². The van der Waals surface area contributed by atoms with Crippen molar-refractivity contribution in [2.24, 2.45) is 0 Å². The quantitative estimate of drug-likeness (QED) is 0.0116. The maximum atomic E-state index is 12.8. The SMILES string of the molecule is C=CCCCCCCCCCCCCCCCC(=O)OC[C@H](COP(=O)(O)OC1C(O)C(O)C(O)[C@@H](O)C1O)OC(=O)CCCCCCC/C=C/C=C/C=C/C=C/CC. The average molecular weight is 857 g/mol. The van der Waals surface area contributed by atoms with E-state index in [1.54, 1.807) is 0 Å². The van der Waals surface area contributed by atoms with E-state index in [1.165, 1.54) is 57.8 Å². The minimum atomic E-state index is -5.13. The summed E-state index contributed by atoms with van der Waals surface area (Å²) in [5.74, 6) is -1.13. The normalized spacial score (nSPS) is 22.7. The van der Waals surface area contributed by atoms with Crippen molar-refractivity contribution in [3.63, 3.8) is 0 Å². The van der Waals surface area contributed by atoms with Crippen molar-refractivity contribution in [1.82, 2.24) is 0 Å². The third kappa shape index (κ3) is 27.9. The van der Waals surface area contributed by atoms with E-state index in [2.05, 4.69) is 25.7 Å². The number of carbonyl (C=O) groups is 2. The van der Waals surface area contributed by atoms with Gasteiger partial charge in [0, 0.05) is 12.8 Å². The number of ether oxygens (including phenoxy) is 2. The van der Waals surface area contributed by atoms with Crippen LogP contribution in [0, 0.1) is 0 Å². The summed E-state index contributed by atoms with van der Waals surface area (Å²) in [7, 11) is -5.13. The molecule has 0 aliphatic heterocycles. The van der Waals surface area contributed by atoms with Crippen molar-refractivity contribution in [1.29, 1.82) is 0 Å². The first-order valence-corrected chi connectivity index (χ1v) is 23.6. The largest absolute Gasteiger partial charge is 0.472 e. The molecule has 6 unspecified atom stereocenters. The molecule has 0 aromatic heterocycles. The molecule has 0 spiro atoms. The maximum Gasteiger partial charge on any atom is 0.472 e. The molecule has 0 saturated heterocycles. The summed E-state index contributed by atoms with van der Waals surface area (Å²) in [5, 5.41) is 50.1. The Morgan fingerprint density at radius 2 is 1.00 bits per heavy atom. The van der Waals surface area contributed by atoms with Crippen LogP contribution < -0.4 is 0 Å². The fourth-order valence-electron chi connectivity index (χ4n) is 6.51. The molecule has 0 heterocycles. The van der Waals surface area contributed by atoms with Crippen LogP contribution in [0.1, 0.15) is 155 Å². The number of esters is 2. The standard InChI is InChI=1S/C45H77O13P/c1-3-5-7-9-11-13-15-17-19-21-23-25-27-29-31-33-38(46)55-35-37(36-56-59(53,54)58-45-43(51)41(49)40(48)42(50)44(45)52)57-39(47)34-32-30-28-26-24-22-20-18-16-14-12-10-8-6-4-2/h3,6,8,10,12,14,16,18,20,37,40-45,48-52H,1,4-5,7,9,11,13,15,17,19,21-36H2,2H3,(H,53,54)/b8-6+,12-10+,16-14+,20-18+/t37-,40?,41-,42?,43?,44?,45?/m1/s1. The summed E-state index contributed by atoms with van der Waals surface area (Å²) < 4.78 is 33.5. The zero-order valence-corrected chi connectivity index (χ0v) is 36.5. The van der Waals surface area contributed by atoms with Gasteiger partial charge in [-0.2, -0.15) is 0 Å². The van der Waals surface area contributed by atoms with E-state index >= 15 is 0 Å². The van der Waals surface area contributed by atoms with E-state index in [1.807, 2.05) is 42.5 Å². The molecule has 6 N–H and O–H groups in total. The predicted octanol–water partition coefficient (Wildman–Crippen LogP) is 8.16. The highest BCUT2D eigenvalue weighted by atomic mass is 31.2. The number of phosphoric acid groups is 1. The molecule has 0 bridgehead atoms. The van der Waals surface area contributed by atoms with E-state index in [0.717, 1.165) is 64.2 Å². The summed E-state index contributed by atoms with van der Waals surface area (Å²) in [6.07, 6.45) is 27.4. The van der Waals surface area contributed by atoms with Gasteiger partial charge in [-0.1, -0.05) is 151 Å². The third-order valence-electron chi connectivity index (χ3n) is 10.1. The number of hydrogen-bond donors (Lipinski definition) is 6. The molecule has 1 rings (SSSR count). The molecule has 8 atom stereocenters. The van der Waals surface area contributed by atoms with Crippen molar-refractivity contribution in [3.05, 3.63) is 61.3 Å². The summed E-state index contributed by atoms with van der Waals surface area (Å²) in [5.41, 5.74) is 0. The summed E-state index contributed by atoms with van der Waals surface area (Å²) in [6.45, 7) is 4.65. The maximum absolute atomic E-state index is 12.8. The fourth-order valence-corrected chi connectivity index (χ4v) is 7.49. The highest BCUT2D eigenvalue weighted by molar-refractivity contribution is 7.47. The Bertz CT molecular complexity index is 1250. The molecule has 0 radical (unpaired) electrons. The second-order valence-corrected chi connectivity index (χ2v) is 16.8. The van der Waals surface area contributed by atoms with Gasteiger partial charge in [0.2, 0.25) is 0 Å². The Balaban J connectivity index is 2.49. The Morgan fingerprint density at radius 3 is 1.51 bits per heavy atom. The minimum absolute atomic E-state index is 0.0678. The number of rotatable bonds is 36. The number of carbonyl (C=O) groups excluding carboxylic acids is 2. The number of hydrogen-bond acceptors (Lipinski definition) is 12. The Kier molecular flexibility index (Phi) is 32.5. The van der Waals surface area contributed by atoms with E-state index in [-0.39, 0.29) is 12.8 Å². The molecule has 1 aliphatic carbocycles. The molecule has 0 amide bonds. The van der Waals surface area contributed by atoms with Gasteiger partial charge in [0.15, 0.2) is 6.10 Å². The molecule has 1 fully saturated rings. The average Bonchev–Trinajstić information content (AvgIpc) is 3.21. The van der Waals surface area contributed by atoms with E-state index in [0.29, 0.717) is 12.8 Å². The molecule has 340 valence electrons. The first-order valence-electron chi connectivity index (χ1n) is 22.1. The van der Waals surface area contributed by atoms with Crippen LogP contribution in [0.4, 0.5) is 0 Å². The lowest BCUT2D eigenvalue weighted by molar-refractivity contribution is -0.220. The Labute approximate surface area is 353 Å². The number of aliphatic hydroxyl groups excluding tert-OH is 5. The smallest absolute Gasteiger partial charge is 0.462 e. The van der Waals surface area contributed by atoms with Gasteiger partial charge in [-0.3, -0.25) is 18.6 Å². The fraction of sp³-hybridized carbons (Fsp3) is 0.733. The van der Waals surface area contributed by atoms with Crippen molar-refractivity contribution in [3.8, 4) is 0 Å². The molecule has 0 aromatic carbocycles. The van der Waals surface area contributed by atoms with Crippen molar-refractivity contribution in [2.45, 2.75) is 197 Å². The third-order valence-corrected chi connectivity index (χ3v) is 11.1. The van der Waals surface area contributed by atoms with Crippen LogP contribution in [0.3, 0.4) is 0 Å². The first kappa shape index (κ1) is 54.6. The first-order chi connectivity index (χ1) is 28.4. The van der Waals surface area contributed by atoms with Gasteiger partial charge in [0.1, 0.15) is 43.2 Å². The van der Waals surface area contributed by atoms with Crippen LogP contribution in [-0.4, -0.2) is 98.3 Å². The molecule has 0 aromatic rings. The van der Waals surface area contributed by atoms with E-state index < -0.39 is 75.7 Å². The van der Waals surface area contributed by atoms with Crippen LogP contribution in [-0.2, 0) is 32.7 Å². The van der Waals surface area contributed by atoms with Crippen molar-refractivity contribution < 1.29 is 63.1 Å². The minimum Gasteiger partial charge on any atom is -0.462 e. The molecule has 13 nitrogen and oxygen atoms in total. The lowest BCUT2D eigenvalue weighted by Crippen LogP contribution is -2.64. The number of phosphoric ester groups is 1. The predicted molar refractivity (Wildman–Crippen MR) is 230 cm³/mol. The molecular formula is C45H77O13P. The van der Waals surface area contributed by atoms with Gasteiger partial charge in [-0.25, -0.2) is 4.57 Å². The molecule has 1 aliphatic rings. The van der Waals surface area contributed by atoms with Gasteiger partial charge in [-0.15, -0.1) is 6.58 Å². The van der Waals surface area contributed by atoms with Crippen LogP contribution in [0.15, 0.2) is 61.3 Å². The van der Waals surface area contributed by atoms with E-state index in [4.69, 9.17) is 18.5 Å². The highest BCUT2D eigenvalue weighted by Crippen LogP contribution is 2.47. The van der Waals surface area contributed by atoms with Gasteiger partial charge >= 0.3 is 19.8 Å². The Hall–Kier alpha value is -2.45. The van der Waals surface area contributed by atoms with Crippen LogP contribution >= 0.6 is 7.82 Å². The molecule has 14 heteroatoms. The second-order valence-electron chi connectivity index (χ2n) is 15.3. The zero-order chi connectivity index (χ0) is 43.6. The van der Waals surface area contributed by atoms with Crippen LogP contribution in [0.2, 0.25) is 0 Å². The van der Waals surface area contributed by atoms with Crippen molar-refractivity contribution in [2.75, 3.05) is 13.2 Å². The number of unbranched alkanes of at least 4 members (excludes halogenated alkanes) is 18. The van der Waals surface area contributed by atoms with Gasteiger partial charge in [-0.05, 0) is 44.9 Å².